The second-order valence-electron chi connectivity index (χ2n) is 13.2. The lowest BCUT2D eigenvalue weighted by Crippen LogP contribution is -2.52. The third-order valence-corrected chi connectivity index (χ3v) is 9.75. The van der Waals surface area contributed by atoms with Gasteiger partial charge in [0.25, 0.3) is 5.91 Å². The van der Waals surface area contributed by atoms with Crippen LogP contribution in [0.1, 0.15) is 63.4 Å². The van der Waals surface area contributed by atoms with Crippen LogP contribution in [0.15, 0.2) is 47.9 Å². The van der Waals surface area contributed by atoms with Gasteiger partial charge in [-0.2, -0.15) is 0 Å². The fourth-order valence-electron chi connectivity index (χ4n) is 6.89. The van der Waals surface area contributed by atoms with Crippen molar-refractivity contribution < 1.29 is 19.2 Å². The second kappa shape index (κ2) is 16.0. The van der Waals surface area contributed by atoms with E-state index in [1.807, 2.05) is 12.1 Å². The number of benzene rings is 1. The number of piperazine rings is 1. The van der Waals surface area contributed by atoms with Crippen molar-refractivity contribution in [3.05, 3.63) is 53.5 Å². The maximum Gasteiger partial charge on any atom is 0.267 e. The Balaban J connectivity index is 0.988. The Labute approximate surface area is 272 Å². The summed E-state index contributed by atoms with van der Waals surface area (Å²) in [6.07, 6.45) is 11.9. The number of carbonyl (C=O) groups excluding carboxylic acids is 4. The Bertz CT molecular complexity index is 1290. The lowest BCUT2D eigenvalue weighted by molar-refractivity contribution is -0.137. The predicted molar refractivity (Wildman–Crippen MR) is 177 cm³/mol. The van der Waals surface area contributed by atoms with E-state index in [4.69, 9.17) is 11.5 Å². The number of hydrogen-bond acceptors (Lipinski definition) is 9. The molecular weight excluding hydrogens is 584 g/mol. The first-order valence-corrected chi connectivity index (χ1v) is 16.9. The number of nitrogens with two attached hydrogens (primary N) is 2. The molecule has 46 heavy (non-hydrogen) atoms. The topological polar surface area (TPSA) is 166 Å². The van der Waals surface area contributed by atoms with Crippen molar-refractivity contribution in [1.82, 2.24) is 25.8 Å². The van der Waals surface area contributed by atoms with E-state index in [9.17, 15) is 19.2 Å². The Kier molecular flexibility index (Phi) is 11.6. The number of piperidine rings is 2. The molecule has 12 nitrogen and oxygen atoms in total. The highest BCUT2D eigenvalue weighted by Crippen LogP contribution is 2.23. The van der Waals surface area contributed by atoms with Crippen LogP contribution in [0.4, 0.5) is 5.69 Å². The summed E-state index contributed by atoms with van der Waals surface area (Å²) in [5.41, 5.74) is 14.6. The third kappa shape index (κ3) is 9.48. The number of carbonyl (C=O) groups is 4. The Morgan fingerprint density at radius 1 is 0.848 bits per heavy atom. The number of amides is 4. The first-order chi connectivity index (χ1) is 22.2. The van der Waals surface area contributed by atoms with E-state index in [-0.39, 0.29) is 42.3 Å². The van der Waals surface area contributed by atoms with Crippen LogP contribution in [0.5, 0.6) is 0 Å². The molecule has 1 atom stereocenters. The summed E-state index contributed by atoms with van der Waals surface area (Å²) in [6.45, 7) is 6.79. The van der Waals surface area contributed by atoms with Crippen molar-refractivity contribution in [2.45, 2.75) is 76.3 Å². The van der Waals surface area contributed by atoms with Crippen LogP contribution in [0, 0.1) is 5.92 Å². The Hall–Kier alpha value is -4.06. The van der Waals surface area contributed by atoms with E-state index in [0.29, 0.717) is 18.2 Å². The molecule has 0 aromatic heterocycles. The van der Waals surface area contributed by atoms with Gasteiger partial charge in [0, 0.05) is 64.0 Å². The number of anilines is 1. The van der Waals surface area contributed by atoms with Gasteiger partial charge < -0.3 is 31.9 Å². The largest absolute Gasteiger partial charge is 0.394 e. The minimum Gasteiger partial charge on any atom is -0.394 e. The quantitative estimate of drug-likeness (QED) is 0.144. The Morgan fingerprint density at radius 3 is 2.22 bits per heavy atom. The van der Waals surface area contributed by atoms with E-state index >= 15 is 0 Å². The maximum atomic E-state index is 12.5. The summed E-state index contributed by atoms with van der Waals surface area (Å²) in [5, 5.41) is 8.05. The monoisotopic (exact) mass is 634 g/mol. The van der Waals surface area contributed by atoms with Gasteiger partial charge in [-0.05, 0) is 67.9 Å². The molecule has 1 unspecified atom stereocenters. The van der Waals surface area contributed by atoms with Crippen LogP contribution in [0.2, 0.25) is 0 Å². The van der Waals surface area contributed by atoms with Crippen molar-refractivity contribution in [3.8, 4) is 0 Å². The average molecular weight is 635 g/mol. The molecule has 250 valence electrons. The molecule has 4 aliphatic rings. The normalized spacial score (nSPS) is 22.8. The van der Waals surface area contributed by atoms with Gasteiger partial charge in [-0.1, -0.05) is 31.4 Å². The highest BCUT2D eigenvalue weighted by Gasteiger charge is 2.28. The molecule has 5 rings (SSSR count). The van der Waals surface area contributed by atoms with Crippen LogP contribution >= 0.6 is 0 Å². The molecule has 1 aromatic carbocycles. The number of imide groups is 1. The third-order valence-electron chi connectivity index (χ3n) is 9.75. The zero-order valence-corrected chi connectivity index (χ0v) is 26.8. The summed E-state index contributed by atoms with van der Waals surface area (Å²) in [6, 6.07) is 7.63. The smallest absolute Gasteiger partial charge is 0.267 e. The zero-order valence-electron chi connectivity index (χ0n) is 26.8. The summed E-state index contributed by atoms with van der Waals surface area (Å²) in [7, 11) is 0. The molecule has 1 saturated carbocycles. The van der Waals surface area contributed by atoms with Gasteiger partial charge in [-0.3, -0.25) is 29.4 Å². The van der Waals surface area contributed by atoms with E-state index in [1.54, 1.807) is 12.2 Å². The molecule has 3 aliphatic heterocycles. The number of nitrogens with one attached hydrogen (secondary N) is 3. The van der Waals surface area contributed by atoms with Gasteiger partial charge in [0.2, 0.25) is 17.7 Å². The molecule has 4 fully saturated rings. The van der Waals surface area contributed by atoms with Gasteiger partial charge in [-0.25, -0.2) is 0 Å². The van der Waals surface area contributed by atoms with Crippen LogP contribution in [-0.4, -0.2) is 91.3 Å². The summed E-state index contributed by atoms with van der Waals surface area (Å²) in [5.74, 6) is 0.115. The van der Waals surface area contributed by atoms with Crippen LogP contribution in [-0.2, 0) is 25.6 Å². The van der Waals surface area contributed by atoms with Crippen molar-refractivity contribution >= 4 is 29.3 Å². The fourth-order valence-corrected chi connectivity index (χ4v) is 6.89. The second-order valence-corrected chi connectivity index (χ2v) is 13.2. The summed E-state index contributed by atoms with van der Waals surface area (Å²) in [4.78, 5) is 55.2. The van der Waals surface area contributed by atoms with Gasteiger partial charge in [0.05, 0.1) is 17.9 Å². The maximum absolute atomic E-state index is 12.5. The lowest BCUT2D eigenvalue weighted by atomic mass is 9.95. The first-order valence-electron chi connectivity index (χ1n) is 16.9. The predicted octanol–water partition coefficient (Wildman–Crippen LogP) is 1.08. The number of likely N-dealkylation sites (tertiary alicyclic amines) is 1. The van der Waals surface area contributed by atoms with E-state index in [1.165, 1.54) is 6.42 Å². The molecule has 12 heteroatoms. The highest BCUT2D eigenvalue weighted by molar-refractivity contribution is 6.01. The first kappa shape index (κ1) is 33.3. The van der Waals surface area contributed by atoms with Crippen LogP contribution in [0.25, 0.3) is 0 Å². The van der Waals surface area contributed by atoms with Gasteiger partial charge in [0.15, 0.2) is 0 Å². The number of allylic oxidation sites excluding steroid dienone is 2. The highest BCUT2D eigenvalue weighted by atomic mass is 16.2. The van der Waals surface area contributed by atoms with Crippen molar-refractivity contribution in [1.29, 1.82) is 0 Å². The molecule has 0 radical (unpaired) electrons. The molecule has 1 aliphatic carbocycles. The molecule has 3 heterocycles. The van der Waals surface area contributed by atoms with Crippen molar-refractivity contribution in [3.63, 3.8) is 0 Å². The van der Waals surface area contributed by atoms with Gasteiger partial charge in [0.1, 0.15) is 6.04 Å². The fraction of sp³-hybridized carbons (Fsp3) is 0.588. The number of hydrogen-bond donors (Lipinski definition) is 5. The standard InChI is InChI=1S/C34H50N8O4/c35-28(33(45)37-26-4-2-1-3-5-26)10-12-30(36)42-16-14-25(15-17-42)23-40-18-20-41(21-19-40)27-8-6-24(7-9-27)22-32(44)38-29-11-13-31(43)39-34(29)46/h6-10,12,25-26,29H,1-5,11,13-23,35-36H2,(H,37,45)(H,38,44)(H,39,43,46)/b28-10-,30-12+. The van der Waals surface area contributed by atoms with Gasteiger partial charge in [-0.15, -0.1) is 0 Å². The molecule has 3 saturated heterocycles. The SMILES string of the molecule is N/C(=C\C=C(/N)N1CCC(CN2CCN(c3ccc(CC(=O)NC4CCC(=O)NC4=O)cc3)CC2)CC1)C(=O)NC1CCCCC1. The molecule has 0 spiro atoms. The zero-order chi connectivity index (χ0) is 32.5. The lowest BCUT2D eigenvalue weighted by Gasteiger charge is -2.40. The van der Waals surface area contributed by atoms with Crippen molar-refractivity contribution in [2.24, 2.45) is 17.4 Å². The van der Waals surface area contributed by atoms with E-state index in [0.717, 1.165) is 95.6 Å². The van der Waals surface area contributed by atoms with E-state index < -0.39 is 11.9 Å². The minimum absolute atomic E-state index is 0.189. The summed E-state index contributed by atoms with van der Waals surface area (Å²) >= 11 is 0. The molecule has 1 aromatic rings. The molecule has 0 bridgehead atoms. The van der Waals surface area contributed by atoms with Gasteiger partial charge >= 0.3 is 0 Å². The average Bonchev–Trinajstić information content (AvgIpc) is 3.06. The molecule has 7 N–H and O–H groups in total. The Morgan fingerprint density at radius 2 is 1.54 bits per heavy atom. The van der Waals surface area contributed by atoms with Crippen LogP contribution in [0.3, 0.4) is 0 Å². The van der Waals surface area contributed by atoms with Crippen molar-refractivity contribution in [2.75, 3.05) is 50.7 Å². The molecule has 4 amide bonds. The number of nitrogens with zero attached hydrogens (tertiary/aromatic N) is 3. The number of rotatable bonds is 10. The van der Waals surface area contributed by atoms with E-state index in [2.05, 4.69) is 42.8 Å². The minimum atomic E-state index is -0.651. The molecular formula is C34H50N8O4. The summed E-state index contributed by atoms with van der Waals surface area (Å²) < 4.78 is 0. The van der Waals surface area contributed by atoms with Crippen LogP contribution < -0.4 is 32.3 Å².